The van der Waals surface area contributed by atoms with Crippen LogP contribution in [-0.2, 0) is 17.8 Å². The summed E-state index contributed by atoms with van der Waals surface area (Å²) in [6, 6.07) is 20.0. The van der Waals surface area contributed by atoms with E-state index in [1.165, 1.54) is 5.56 Å². The Labute approximate surface area is 108 Å². The third-order valence-electron chi connectivity index (χ3n) is 2.81. The normalized spacial score (nSPS) is 12.3. The Kier molecular flexibility index (Phi) is 4.94. The van der Waals surface area contributed by atoms with Crippen molar-refractivity contribution < 1.29 is 9.84 Å². The summed E-state index contributed by atoms with van der Waals surface area (Å²) >= 11 is 0. The molecule has 1 N–H and O–H groups in total. The number of benzene rings is 2. The van der Waals surface area contributed by atoms with Crippen LogP contribution in [0, 0.1) is 0 Å². The second kappa shape index (κ2) is 6.94. The maximum Gasteiger partial charge on any atom is 0.155 e. The summed E-state index contributed by atoms with van der Waals surface area (Å²) < 4.78 is 5.41. The van der Waals surface area contributed by atoms with Crippen LogP contribution in [0.1, 0.15) is 17.5 Å². The molecule has 2 heteroatoms. The molecule has 0 heterocycles. The van der Waals surface area contributed by atoms with Gasteiger partial charge >= 0.3 is 0 Å². The predicted octanol–water partition coefficient (Wildman–Crippen LogP) is 3.15. The van der Waals surface area contributed by atoms with Gasteiger partial charge in [-0.15, -0.1) is 0 Å². The second-order valence-corrected chi connectivity index (χ2v) is 4.28. The van der Waals surface area contributed by atoms with Crippen molar-refractivity contribution in [3.05, 3.63) is 71.8 Å². The second-order valence-electron chi connectivity index (χ2n) is 4.28. The van der Waals surface area contributed by atoms with E-state index >= 15 is 0 Å². The molecule has 2 aromatic carbocycles. The summed E-state index contributed by atoms with van der Waals surface area (Å²) in [7, 11) is 0. The Morgan fingerprint density at radius 3 is 2.00 bits per heavy atom. The number of rotatable bonds is 6. The fourth-order valence-electron chi connectivity index (χ4n) is 1.78. The minimum absolute atomic E-state index is 0.455. The summed E-state index contributed by atoms with van der Waals surface area (Å²) in [6.07, 6.45) is 0.749. The number of aliphatic hydroxyl groups excluding tert-OH is 1. The summed E-state index contributed by atoms with van der Waals surface area (Å²) in [5.41, 5.74) is 2.30. The molecule has 0 radical (unpaired) electrons. The molecule has 0 bridgehead atoms. The summed E-state index contributed by atoms with van der Waals surface area (Å²) in [6.45, 7) is 0.455. The molecule has 1 unspecified atom stereocenters. The Balaban J connectivity index is 1.71. The van der Waals surface area contributed by atoms with Crippen LogP contribution in [-0.4, -0.2) is 11.4 Å². The maximum atomic E-state index is 9.75. The molecular formula is C16H18O2. The lowest BCUT2D eigenvalue weighted by atomic mass is 10.1. The van der Waals surface area contributed by atoms with E-state index in [4.69, 9.17) is 4.74 Å². The summed E-state index contributed by atoms with van der Waals surface area (Å²) in [5.74, 6) is 0. The first-order valence-electron chi connectivity index (χ1n) is 6.22. The highest BCUT2D eigenvalue weighted by molar-refractivity contribution is 5.15. The highest BCUT2D eigenvalue weighted by Crippen LogP contribution is 2.08. The minimum Gasteiger partial charge on any atom is -0.368 e. The zero-order valence-corrected chi connectivity index (χ0v) is 10.3. The summed E-state index contributed by atoms with van der Waals surface area (Å²) in [4.78, 5) is 0. The average molecular weight is 242 g/mol. The van der Waals surface area contributed by atoms with Crippen molar-refractivity contribution in [2.75, 3.05) is 0 Å². The van der Waals surface area contributed by atoms with Crippen LogP contribution in [0.3, 0.4) is 0 Å². The van der Waals surface area contributed by atoms with Gasteiger partial charge in [-0.3, -0.25) is 0 Å². The standard InChI is InChI=1S/C16H18O2/c17-16(12-11-14-7-3-1-4-8-14)18-13-15-9-5-2-6-10-15/h1-10,16-17H,11-13H2. The van der Waals surface area contributed by atoms with Crippen LogP contribution in [0.15, 0.2) is 60.7 Å². The molecule has 0 aromatic heterocycles. The molecule has 0 amide bonds. The SMILES string of the molecule is OC(CCc1ccccc1)OCc1ccccc1. The van der Waals surface area contributed by atoms with Crippen molar-refractivity contribution in [3.63, 3.8) is 0 Å². The van der Waals surface area contributed by atoms with Crippen LogP contribution >= 0.6 is 0 Å². The van der Waals surface area contributed by atoms with Gasteiger partial charge in [0.25, 0.3) is 0 Å². The fraction of sp³-hybridized carbons (Fsp3) is 0.250. The van der Waals surface area contributed by atoms with Crippen LogP contribution in [0.2, 0.25) is 0 Å². The number of ether oxygens (including phenoxy) is 1. The minimum atomic E-state index is -0.703. The quantitative estimate of drug-likeness (QED) is 0.788. The highest BCUT2D eigenvalue weighted by atomic mass is 16.6. The molecule has 0 aliphatic carbocycles. The van der Waals surface area contributed by atoms with E-state index in [1.54, 1.807) is 0 Å². The molecule has 0 aliphatic heterocycles. The largest absolute Gasteiger partial charge is 0.368 e. The van der Waals surface area contributed by atoms with E-state index in [9.17, 15) is 5.11 Å². The summed E-state index contributed by atoms with van der Waals surface area (Å²) in [5, 5.41) is 9.75. The first-order valence-corrected chi connectivity index (χ1v) is 6.22. The van der Waals surface area contributed by atoms with Crippen molar-refractivity contribution in [1.82, 2.24) is 0 Å². The van der Waals surface area contributed by atoms with Crippen molar-refractivity contribution in [3.8, 4) is 0 Å². The monoisotopic (exact) mass is 242 g/mol. The Bertz CT molecular complexity index is 396. The third kappa shape index (κ3) is 4.32. The van der Waals surface area contributed by atoms with Crippen molar-refractivity contribution >= 4 is 0 Å². The Morgan fingerprint density at radius 1 is 0.833 bits per heavy atom. The van der Waals surface area contributed by atoms with Gasteiger partial charge in [0, 0.05) is 6.42 Å². The lowest BCUT2D eigenvalue weighted by Gasteiger charge is -2.12. The first kappa shape index (κ1) is 12.8. The van der Waals surface area contributed by atoms with Crippen LogP contribution in [0.4, 0.5) is 0 Å². The lowest BCUT2D eigenvalue weighted by molar-refractivity contribution is -0.111. The molecule has 2 nitrogen and oxygen atoms in total. The number of hydrogen-bond acceptors (Lipinski definition) is 2. The third-order valence-corrected chi connectivity index (χ3v) is 2.81. The molecule has 2 rings (SSSR count). The van der Waals surface area contributed by atoms with Gasteiger partial charge in [-0.1, -0.05) is 60.7 Å². The van der Waals surface area contributed by atoms with Gasteiger partial charge in [0.15, 0.2) is 6.29 Å². The van der Waals surface area contributed by atoms with E-state index < -0.39 is 6.29 Å². The van der Waals surface area contributed by atoms with Crippen LogP contribution < -0.4 is 0 Å². The smallest absolute Gasteiger partial charge is 0.155 e. The molecule has 0 saturated carbocycles. The lowest BCUT2D eigenvalue weighted by Crippen LogP contribution is -2.12. The topological polar surface area (TPSA) is 29.5 Å². The van der Waals surface area contributed by atoms with E-state index in [1.807, 2.05) is 48.5 Å². The van der Waals surface area contributed by atoms with E-state index in [-0.39, 0.29) is 0 Å². The molecule has 18 heavy (non-hydrogen) atoms. The molecule has 0 aliphatic rings. The van der Waals surface area contributed by atoms with E-state index in [0.717, 1.165) is 12.0 Å². The van der Waals surface area contributed by atoms with Crippen molar-refractivity contribution in [2.45, 2.75) is 25.7 Å². The molecule has 94 valence electrons. The molecular weight excluding hydrogens is 224 g/mol. The zero-order chi connectivity index (χ0) is 12.6. The number of aryl methyl sites for hydroxylation is 1. The average Bonchev–Trinajstić information content (AvgIpc) is 2.45. The van der Waals surface area contributed by atoms with Gasteiger partial charge in [-0.05, 0) is 17.5 Å². The highest BCUT2D eigenvalue weighted by Gasteiger charge is 2.04. The van der Waals surface area contributed by atoms with Gasteiger partial charge in [-0.25, -0.2) is 0 Å². The van der Waals surface area contributed by atoms with Gasteiger partial charge in [0.1, 0.15) is 0 Å². The molecule has 1 atom stereocenters. The number of hydrogen-bond donors (Lipinski definition) is 1. The van der Waals surface area contributed by atoms with E-state index in [2.05, 4.69) is 12.1 Å². The van der Waals surface area contributed by atoms with Gasteiger partial charge < -0.3 is 9.84 Å². The fourth-order valence-corrected chi connectivity index (χ4v) is 1.78. The Hall–Kier alpha value is -1.64. The van der Waals surface area contributed by atoms with Gasteiger partial charge in [0.05, 0.1) is 6.61 Å². The van der Waals surface area contributed by atoms with E-state index in [0.29, 0.717) is 13.0 Å². The molecule has 0 fully saturated rings. The van der Waals surface area contributed by atoms with Gasteiger partial charge in [-0.2, -0.15) is 0 Å². The first-order chi connectivity index (χ1) is 8.84. The molecule has 0 saturated heterocycles. The van der Waals surface area contributed by atoms with Gasteiger partial charge in [0.2, 0.25) is 0 Å². The van der Waals surface area contributed by atoms with Crippen molar-refractivity contribution in [1.29, 1.82) is 0 Å². The molecule has 2 aromatic rings. The predicted molar refractivity (Wildman–Crippen MR) is 72.0 cm³/mol. The van der Waals surface area contributed by atoms with Crippen LogP contribution in [0.25, 0.3) is 0 Å². The van der Waals surface area contributed by atoms with Crippen LogP contribution in [0.5, 0.6) is 0 Å². The zero-order valence-electron chi connectivity index (χ0n) is 10.3. The molecule has 0 spiro atoms. The number of aliphatic hydroxyl groups is 1. The Morgan fingerprint density at radius 2 is 1.39 bits per heavy atom. The van der Waals surface area contributed by atoms with Crippen molar-refractivity contribution in [2.24, 2.45) is 0 Å². The maximum absolute atomic E-state index is 9.75.